The van der Waals surface area contributed by atoms with Crippen molar-refractivity contribution in [1.82, 2.24) is 4.98 Å². The zero-order chi connectivity index (χ0) is 13.8. The average molecular weight is 287 g/mol. The third-order valence-electron chi connectivity index (χ3n) is 3.53. The van der Waals surface area contributed by atoms with Crippen LogP contribution in [0.5, 0.6) is 0 Å². The third kappa shape index (κ3) is 3.31. The van der Waals surface area contributed by atoms with Gasteiger partial charge in [0.15, 0.2) is 0 Å². The largest absolute Gasteiger partial charge is 0.370 e. The first-order valence-corrected chi connectivity index (χ1v) is 8.23. The maximum absolute atomic E-state index is 4.40. The van der Waals surface area contributed by atoms with E-state index in [4.69, 9.17) is 0 Å². The first-order valence-electron chi connectivity index (χ1n) is 7.36. The summed E-state index contributed by atoms with van der Waals surface area (Å²) in [6, 6.07) is 9.37. The monoisotopic (exact) mass is 287 g/mol. The van der Waals surface area contributed by atoms with E-state index in [1.54, 1.807) is 0 Å². The van der Waals surface area contributed by atoms with Crippen molar-refractivity contribution in [3.63, 3.8) is 0 Å². The van der Waals surface area contributed by atoms with Crippen LogP contribution in [-0.4, -0.2) is 17.6 Å². The highest BCUT2D eigenvalue weighted by molar-refractivity contribution is 7.09. The minimum absolute atomic E-state index is 0.707. The fraction of sp³-hybridized carbons (Fsp3) is 0.438. The average Bonchev–Trinajstić information content (AvgIpc) is 3.19. The molecule has 20 heavy (non-hydrogen) atoms. The molecule has 4 heteroatoms. The number of rotatable bonds is 7. The van der Waals surface area contributed by atoms with Gasteiger partial charge in [-0.05, 0) is 36.8 Å². The van der Waals surface area contributed by atoms with E-state index in [1.165, 1.54) is 23.4 Å². The molecule has 1 fully saturated rings. The molecule has 0 amide bonds. The minimum atomic E-state index is 0.707. The second-order valence-corrected chi connectivity index (χ2v) is 6.30. The van der Waals surface area contributed by atoms with Crippen LogP contribution in [0.25, 0.3) is 0 Å². The van der Waals surface area contributed by atoms with Crippen molar-refractivity contribution in [2.75, 3.05) is 16.8 Å². The van der Waals surface area contributed by atoms with Crippen LogP contribution in [0.4, 0.5) is 11.5 Å². The summed E-state index contributed by atoms with van der Waals surface area (Å²) < 4.78 is 0. The molecule has 2 aromatic rings. The predicted octanol–water partition coefficient (Wildman–Crippen LogP) is 4.13. The van der Waals surface area contributed by atoms with Gasteiger partial charge in [0.2, 0.25) is 0 Å². The summed E-state index contributed by atoms with van der Waals surface area (Å²) in [7, 11) is 0. The van der Waals surface area contributed by atoms with Crippen LogP contribution in [0.2, 0.25) is 0 Å². The molecule has 106 valence electrons. The molecular formula is C16H21N3S. The summed E-state index contributed by atoms with van der Waals surface area (Å²) >= 11 is 1.84. The highest BCUT2D eigenvalue weighted by atomic mass is 32.1. The van der Waals surface area contributed by atoms with Crippen LogP contribution in [0.15, 0.2) is 35.8 Å². The van der Waals surface area contributed by atoms with E-state index in [2.05, 4.69) is 51.8 Å². The van der Waals surface area contributed by atoms with E-state index in [-0.39, 0.29) is 0 Å². The molecule has 0 bridgehead atoms. The van der Waals surface area contributed by atoms with E-state index in [9.17, 15) is 0 Å². The van der Waals surface area contributed by atoms with Crippen molar-refractivity contribution < 1.29 is 0 Å². The molecule has 2 heterocycles. The maximum atomic E-state index is 4.40. The molecule has 1 aliphatic carbocycles. The van der Waals surface area contributed by atoms with E-state index in [0.29, 0.717) is 6.04 Å². The topological polar surface area (TPSA) is 28.2 Å². The Bertz CT molecular complexity index is 534. The molecule has 0 radical (unpaired) electrons. The summed E-state index contributed by atoms with van der Waals surface area (Å²) in [5, 5.41) is 5.53. The SMILES string of the molecule is CCCNc1cc(N(Cc2cccs2)C2CC2)ccn1. The number of thiophene rings is 1. The minimum Gasteiger partial charge on any atom is -0.370 e. The summed E-state index contributed by atoms with van der Waals surface area (Å²) in [5.41, 5.74) is 1.29. The molecule has 1 saturated carbocycles. The Balaban J connectivity index is 1.76. The van der Waals surface area contributed by atoms with Crippen molar-refractivity contribution in [3.05, 3.63) is 40.7 Å². The summed E-state index contributed by atoms with van der Waals surface area (Å²) in [5.74, 6) is 0.987. The molecule has 3 rings (SSSR count). The molecule has 3 nitrogen and oxygen atoms in total. The maximum Gasteiger partial charge on any atom is 0.127 e. The quantitative estimate of drug-likeness (QED) is 0.829. The molecule has 0 aromatic carbocycles. The van der Waals surface area contributed by atoms with Gasteiger partial charge in [-0.1, -0.05) is 13.0 Å². The number of anilines is 2. The van der Waals surface area contributed by atoms with Gasteiger partial charge in [0.25, 0.3) is 0 Å². The van der Waals surface area contributed by atoms with Gasteiger partial charge in [0.1, 0.15) is 5.82 Å². The van der Waals surface area contributed by atoms with Crippen molar-refractivity contribution >= 4 is 22.8 Å². The molecular weight excluding hydrogens is 266 g/mol. The van der Waals surface area contributed by atoms with Gasteiger partial charge >= 0.3 is 0 Å². The van der Waals surface area contributed by atoms with Crippen LogP contribution in [0.1, 0.15) is 31.1 Å². The summed E-state index contributed by atoms with van der Waals surface area (Å²) in [4.78, 5) is 8.35. The van der Waals surface area contributed by atoms with Crippen LogP contribution >= 0.6 is 11.3 Å². The number of nitrogens with zero attached hydrogens (tertiary/aromatic N) is 2. The van der Waals surface area contributed by atoms with Crippen molar-refractivity contribution in [1.29, 1.82) is 0 Å². The highest BCUT2D eigenvalue weighted by Crippen LogP contribution is 2.34. The van der Waals surface area contributed by atoms with Crippen LogP contribution < -0.4 is 10.2 Å². The van der Waals surface area contributed by atoms with E-state index in [1.807, 2.05) is 17.5 Å². The Morgan fingerprint density at radius 2 is 2.30 bits per heavy atom. The Kier molecular flexibility index (Phi) is 4.21. The van der Waals surface area contributed by atoms with Gasteiger partial charge in [-0.15, -0.1) is 11.3 Å². The number of nitrogens with one attached hydrogen (secondary N) is 1. The summed E-state index contributed by atoms with van der Waals surface area (Å²) in [6.07, 6.45) is 5.65. The van der Waals surface area contributed by atoms with Crippen LogP contribution in [-0.2, 0) is 6.54 Å². The second kappa shape index (κ2) is 6.27. The molecule has 0 unspecified atom stereocenters. The molecule has 2 aromatic heterocycles. The lowest BCUT2D eigenvalue weighted by Gasteiger charge is -2.24. The molecule has 0 aliphatic heterocycles. The van der Waals surface area contributed by atoms with Gasteiger partial charge < -0.3 is 10.2 Å². The lowest BCUT2D eigenvalue weighted by Crippen LogP contribution is -2.24. The van der Waals surface area contributed by atoms with E-state index in [0.717, 1.165) is 25.3 Å². The van der Waals surface area contributed by atoms with Crippen molar-refractivity contribution in [2.24, 2.45) is 0 Å². The van der Waals surface area contributed by atoms with Gasteiger partial charge in [-0.3, -0.25) is 0 Å². The highest BCUT2D eigenvalue weighted by Gasteiger charge is 2.29. The molecule has 1 N–H and O–H groups in total. The third-order valence-corrected chi connectivity index (χ3v) is 4.39. The van der Waals surface area contributed by atoms with Gasteiger partial charge in [0.05, 0.1) is 6.54 Å². The Morgan fingerprint density at radius 3 is 3.00 bits per heavy atom. The lowest BCUT2D eigenvalue weighted by atomic mass is 10.3. The fourth-order valence-corrected chi connectivity index (χ4v) is 3.04. The molecule has 0 atom stereocenters. The predicted molar refractivity (Wildman–Crippen MR) is 86.5 cm³/mol. The van der Waals surface area contributed by atoms with E-state index < -0.39 is 0 Å². The lowest BCUT2D eigenvalue weighted by molar-refractivity contribution is 0.802. The smallest absolute Gasteiger partial charge is 0.127 e. The number of pyridine rings is 1. The Hall–Kier alpha value is -1.55. The van der Waals surface area contributed by atoms with Crippen molar-refractivity contribution in [2.45, 2.75) is 38.8 Å². The van der Waals surface area contributed by atoms with Gasteiger partial charge in [0, 0.05) is 35.4 Å². The van der Waals surface area contributed by atoms with Gasteiger partial charge in [-0.25, -0.2) is 4.98 Å². The molecule has 0 spiro atoms. The number of hydrogen-bond donors (Lipinski definition) is 1. The van der Waals surface area contributed by atoms with Gasteiger partial charge in [-0.2, -0.15) is 0 Å². The zero-order valence-corrected chi connectivity index (χ0v) is 12.7. The first-order chi connectivity index (χ1) is 9.86. The summed E-state index contributed by atoms with van der Waals surface area (Å²) in [6.45, 7) is 4.16. The van der Waals surface area contributed by atoms with Crippen LogP contribution in [0.3, 0.4) is 0 Å². The second-order valence-electron chi connectivity index (χ2n) is 5.26. The Morgan fingerprint density at radius 1 is 1.40 bits per heavy atom. The number of aromatic nitrogens is 1. The molecule has 1 aliphatic rings. The first kappa shape index (κ1) is 13.4. The number of hydrogen-bond acceptors (Lipinski definition) is 4. The Labute approximate surface area is 124 Å². The van der Waals surface area contributed by atoms with Crippen molar-refractivity contribution in [3.8, 4) is 0 Å². The van der Waals surface area contributed by atoms with Crippen LogP contribution in [0, 0.1) is 0 Å². The normalized spacial score (nSPS) is 14.2. The standard InChI is InChI=1S/C16H21N3S/c1-2-8-17-16-11-14(7-9-18-16)19(13-5-6-13)12-15-4-3-10-20-15/h3-4,7,9-11,13H,2,5-6,8,12H2,1H3,(H,17,18). The molecule has 0 saturated heterocycles. The van der Waals surface area contributed by atoms with E-state index >= 15 is 0 Å². The zero-order valence-electron chi connectivity index (χ0n) is 11.9. The fourth-order valence-electron chi connectivity index (χ4n) is 2.34.